The fourth-order valence-electron chi connectivity index (χ4n) is 5.97. The molecule has 0 radical (unpaired) electrons. The number of anilines is 2. The van der Waals surface area contributed by atoms with Crippen LogP contribution in [0.25, 0.3) is 10.8 Å². The summed E-state index contributed by atoms with van der Waals surface area (Å²) in [5, 5.41) is 15.6. The van der Waals surface area contributed by atoms with Gasteiger partial charge in [-0.25, -0.2) is 0 Å². The zero-order valence-corrected chi connectivity index (χ0v) is 26.3. The molecule has 0 saturated carbocycles. The van der Waals surface area contributed by atoms with Crippen molar-refractivity contribution in [1.29, 1.82) is 5.26 Å². The number of rotatable bonds is 11. The number of halogens is 1. The molecule has 0 spiro atoms. The third-order valence-corrected chi connectivity index (χ3v) is 8.92. The van der Waals surface area contributed by atoms with Gasteiger partial charge in [0.25, 0.3) is 0 Å². The zero-order chi connectivity index (χ0) is 30.3. The van der Waals surface area contributed by atoms with Crippen molar-refractivity contribution in [1.82, 2.24) is 15.3 Å². The van der Waals surface area contributed by atoms with Crippen LogP contribution in [0.5, 0.6) is 6.01 Å². The number of hydrogen-bond acceptors (Lipinski definition) is 8. The van der Waals surface area contributed by atoms with E-state index >= 15 is 0 Å². The van der Waals surface area contributed by atoms with Gasteiger partial charge in [-0.05, 0) is 50.6 Å². The van der Waals surface area contributed by atoms with Gasteiger partial charge in [0.2, 0.25) is 0 Å². The molecule has 1 aromatic heterocycles. The molecule has 1 N–H and O–H groups in total. The van der Waals surface area contributed by atoms with Crippen molar-refractivity contribution < 1.29 is 9.47 Å². The van der Waals surface area contributed by atoms with Gasteiger partial charge in [-0.15, -0.1) is 0 Å². The highest BCUT2D eigenvalue weighted by molar-refractivity contribution is 6.36. The van der Waals surface area contributed by atoms with Gasteiger partial charge >= 0.3 is 6.01 Å². The lowest BCUT2D eigenvalue weighted by molar-refractivity contribution is 0.0728. The lowest BCUT2D eigenvalue weighted by Crippen LogP contribution is -2.38. The van der Waals surface area contributed by atoms with Crippen molar-refractivity contribution in [2.45, 2.75) is 59.1 Å². The van der Waals surface area contributed by atoms with Crippen LogP contribution in [0.15, 0.2) is 59.9 Å². The Labute approximate surface area is 260 Å². The van der Waals surface area contributed by atoms with Crippen LogP contribution in [-0.4, -0.2) is 49.4 Å². The number of benzene rings is 2. The zero-order valence-electron chi connectivity index (χ0n) is 25.6. The molecule has 0 amide bonds. The van der Waals surface area contributed by atoms with Crippen molar-refractivity contribution in [2.24, 2.45) is 5.92 Å². The maximum atomic E-state index is 9.31. The molecule has 0 unspecified atom stereocenters. The van der Waals surface area contributed by atoms with E-state index in [0.717, 1.165) is 83.2 Å². The first-order valence-electron chi connectivity index (χ1n) is 15.1. The van der Waals surface area contributed by atoms with Crippen LogP contribution in [0.3, 0.4) is 0 Å². The van der Waals surface area contributed by atoms with E-state index in [2.05, 4.69) is 72.3 Å². The van der Waals surface area contributed by atoms with Crippen LogP contribution < -0.4 is 19.9 Å². The number of aromatic nitrogens is 2. The third-order valence-electron chi connectivity index (χ3n) is 8.60. The molecule has 43 heavy (non-hydrogen) atoms. The SMILES string of the molecule is C/C=C(/C)[C@H](COc1nc2c(c(N3C=C(CC#N)NCC3)n1)CCN(c1cccc3cccc(Cl)c13)C2)C[C@H](CC)OC. The molecular formula is C34H41ClN6O2. The fraction of sp³-hybridized carbons (Fsp3) is 0.441. The van der Waals surface area contributed by atoms with E-state index in [1.165, 1.54) is 5.57 Å². The van der Waals surface area contributed by atoms with Crippen LogP contribution >= 0.6 is 11.6 Å². The average molecular weight is 601 g/mol. The van der Waals surface area contributed by atoms with Crippen LogP contribution in [0.4, 0.5) is 11.5 Å². The number of nitriles is 1. The third kappa shape index (κ3) is 6.90. The van der Waals surface area contributed by atoms with Crippen molar-refractivity contribution in [3.63, 3.8) is 0 Å². The minimum absolute atomic E-state index is 0.161. The van der Waals surface area contributed by atoms with E-state index in [1.54, 1.807) is 7.11 Å². The Morgan fingerprint density at radius 3 is 2.77 bits per heavy atom. The Bertz CT molecular complexity index is 1540. The highest BCUT2D eigenvalue weighted by Crippen LogP contribution is 2.37. The molecule has 8 nitrogen and oxygen atoms in total. The molecule has 9 heteroatoms. The van der Waals surface area contributed by atoms with Gasteiger partial charge in [-0.3, -0.25) is 0 Å². The smallest absolute Gasteiger partial charge is 0.318 e. The molecule has 2 atom stereocenters. The Kier molecular flexibility index (Phi) is 10.1. The van der Waals surface area contributed by atoms with Gasteiger partial charge in [0.05, 0.1) is 42.5 Å². The Morgan fingerprint density at radius 2 is 2.02 bits per heavy atom. The van der Waals surface area contributed by atoms with Gasteiger partial charge in [-0.2, -0.15) is 15.2 Å². The van der Waals surface area contributed by atoms with Crippen LogP contribution in [-0.2, 0) is 17.7 Å². The van der Waals surface area contributed by atoms with Gasteiger partial charge in [0.15, 0.2) is 0 Å². The second-order valence-corrected chi connectivity index (χ2v) is 11.6. The lowest BCUT2D eigenvalue weighted by Gasteiger charge is -2.34. The fourth-order valence-corrected chi connectivity index (χ4v) is 6.25. The number of nitrogens with zero attached hydrogens (tertiary/aromatic N) is 5. The second kappa shape index (κ2) is 14.1. The summed E-state index contributed by atoms with van der Waals surface area (Å²) >= 11 is 6.71. The van der Waals surface area contributed by atoms with Crippen LogP contribution in [0.2, 0.25) is 5.02 Å². The molecule has 226 valence electrons. The van der Waals surface area contributed by atoms with Gasteiger partial charge < -0.3 is 24.6 Å². The monoisotopic (exact) mass is 600 g/mol. The highest BCUT2D eigenvalue weighted by atomic mass is 35.5. The lowest BCUT2D eigenvalue weighted by atomic mass is 9.93. The number of methoxy groups -OCH3 is 1. The Hall–Kier alpha value is -3.80. The first kappa shape index (κ1) is 30.7. The predicted molar refractivity (Wildman–Crippen MR) is 174 cm³/mol. The molecule has 0 saturated heterocycles. The second-order valence-electron chi connectivity index (χ2n) is 11.2. The summed E-state index contributed by atoms with van der Waals surface area (Å²) in [5.41, 5.74) is 5.32. The summed E-state index contributed by atoms with van der Waals surface area (Å²) in [6.07, 6.45) is 7.23. The molecule has 3 heterocycles. The number of fused-ring (bicyclic) bond motifs is 2. The molecular weight excluding hydrogens is 560 g/mol. The molecule has 0 bridgehead atoms. The van der Waals surface area contributed by atoms with Crippen molar-refractivity contribution in [3.05, 3.63) is 76.2 Å². The maximum absolute atomic E-state index is 9.31. The highest BCUT2D eigenvalue weighted by Gasteiger charge is 2.28. The molecule has 2 aromatic carbocycles. The largest absolute Gasteiger partial charge is 0.463 e. The van der Waals surface area contributed by atoms with Crippen LogP contribution in [0.1, 0.15) is 51.3 Å². The minimum Gasteiger partial charge on any atom is -0.463 e. The number of nitrogens with one attached hydrogen (secondary N) is 1. The standard InChI is InChI=1S/C34H41ClN6O2/c1-5-23(3)25(19-27(6-2)42-4)22-43-34-38-30-21-40(31-12-8-10-24-9-7-11-29(35)32(24)31)17-14-28(30)33(39-34)41-18-16-37-26(20-41)13-15-36/h5,7-12,20,25,27,37H,6,13-14,16-19,21-22H2,1-4H3/b23-5-/t25-,27-/m0/s1. The normalized spacial score (nSPS) is 16.7. The molecule has 2 aliphatic heterocycles. The van der Waals surface area contributed by atoms with Crippen molar-refractivity contribution >= 4 is 33.9 Å². The number of hydrogen-bond donors (Lipinski definition) is 1. The average Bonchev–Trinajstić information content (AvgIpc) is 3.04. The van der Waals surface area contributed by atoms with Gasteiger partial charge in [-0.1, -0.05) is 54.4 Å². The quantitative estimate of drug-likeness (QED) is 0.241. The van der Waals surface area contributed by atoms with E-state index in [4.69, 9.17) is 31.0 Å². The molecule has 0 fully saturated rings. The topological polar surface area (TPSA) is 86.5 Å². The Balaban J connectivity index is 1.50. The summed E-state index contributed by atoms with van der Waals surface area (Å²) in [4.78, 5) is 14.5. The van der Waals surface area contributed by atoms with E-state index in [0.29, 0.717) is 25.6 Å². The molecule has 0 aliphatic carbocycles. The molecule has 3 aromatic rings. The molecule has 5 rings (SSSR count). The van der Waals surface area contributed by atoms with Gasteiger partial charge in [0, 0.05) is 61.2 Å². The number of allylic oxidation sites excluding steroid dienone is 2. The van der Waals surface area contributed by atoms with Crippen LogP contribution in [0, 0.1) is 17.2 Å². The predicted octanol–water partition coefficient (Wildman–Crippen LogP) is 6.79. The van der Waals surface area contributed by atoms with E-state index < -0.39 is 0 Å². The summed E-state index contributed by atoms with van der Waals surface area (Å²) < 4.78 is 12.1. The van der Waals surface area contributed by atoms with E-state index in [-0.39, 0.29) is 12.0 Å². The summed E-state index contributed by atoms with van der Waals surface area (Å²) in [6.45, 7) is 9.73. The number of ether oxygens (including phenoxy) is 2. The summed E-state index contributed by atoms with van der Waals surface area (Å²) in [6, 6.07) is 15.0. The first-order valence-corrected chi connectivity index (χ1v) is 15.5. The first-order chi connectivity index (χ1) is 20.9. The van der Waals surface area contributed by atoms with Crippen molar-refractivity contribution in [2.75, 3.05) is 43.2 Å². The summed E-state index contributed by atoms with van der Waals surface area (Å²) in [7, 11) is 1.77. The van der Waals surface area contributed by atoms with Crippen molar-refractivity contribution in [3.8, 4) is 12.1 Å². The summed E-state index contributed by atoms with van der Waals surface area (Å²) in [5.74, 6) is 1.05. The van der Waals surface area contributed by atoms with E-state index in [1.807, 2.05) is 18.3 Å². The Morgan fingerprint density at radius 1 is 1.21 bits per heavy atom. The maximum Gasteiger partial charge on any atom is 0.318 e. The van der Waals surface area contributed by atoms with E-state index in [9.17, 15) is 5.26 Å². The minimum atomic E-state index is 0.161. The van der Waals surface area contributed by atoms with Gasteiger partial charge in [0.1, 0.15) is 5.82 Å². The molecule has 2 aliphatic rings.